The van der Waals surface area contributed by atoms with Crippen LogP contribution in [0.5, 0.6) is 0 Å². The molecule has 0 aliphatic carbocycles. The van der Waals surface area contributed by atoms with E-state index in [0.717, 1.165) is 25.9 Å². The second kappa shape index (κ2) is 12.1. The fourth-order valence-corrected chi connectivity index (χ4v) is 8.24. The second-order valence-electron chi connectivity index (χ2n) is 12.0. The third kappa shape index (κ3) is 6.08. The van der Waals surface area contributed by atoms with Crippen molar-refractivity contribution >= 4 is 50.8 Å². The van der Waals surface area contributed by atoms with Gasteiger partial charge in [-0.05, 0) is 69.8 Å². The lowest BCUT2D eigenvalue weighted by atomic mass is 9.88. The first-order valence-corrected chi connectivity index (χ1v) is 16.9. The zero-order valence-corrected chi connectivity index (χ0v) is 26.2. The number of likely N-dealkylation sites (tertiary alicyclic amines) is 2. The van der Waals surface area contributed by atoms with Gasteiger partial charge < -0.3 is 31.9 Å². The molecule has 1 spiro atoms. The summed E-state index contributed by atoms with van der Waals surface area (Å²) in [4.78, 5) is 30.7. The Balaban J connectivity index is 1.03. The Morgan fingerprint density at radius 3 is 2.45 bits per heavy atom. The summed E-state index contributed by atoms with van der Waals surface area (Å²) in [6.07, 6.45) is 5.47. The molecule has 1 aromatic carbocycles. The number of hydrogen-bond donors (Lipinski definition) is 4. The van der Waals surface area contributed by atoms with Gasteiger partial charge in [0.2, 0.25) is 10.0 Å². The zero-order valence-electron chi connectivity index (χ0n) is 24.6. The summed E-state index contributed by atoms with van der Waals surface area (Å²) < 4.78 is 28.6. The number of carbonyl (C=O) groups excluding carboxylic acids is 1. The summed E-state index contributed by atoms with van der Waals surface area (Å²) in [5.41, 5.74) is 12.3. The predicted octanol–water partition coefficient (Wildman–Crippen LogP) is 1.74. The fraction of sp³-hybridized carbons (Fsp3) is 0.517. The number of nitrogens with zero attached hydrogens (tertiary/aromatic N) is 6. The molecule has 4 aliphatic heterocycles. The average Bonchev–Trinajstić information content (AvgIpc) is 3.70. The van der Waals surface area contributed by atoms with Crippen LogP contribution in [-0.2, 0) is 10.0 Å². The van der Waals surface area contributed by atoms with Crippen LogP contribution in [0.25, 0.3) is 5.70 Å². The summed E-state index contributed by atoms with van der Waals surface area (Å²) in [5.74, 6) is 0.484. The van der Waals surface area contributed by atoms with Gasteiger partial charge in [0.1, 0.15) is 5.69 Å². The monoisotopic (exact) mass is 642 g/mol. The van der Waals surface area contributed by atoms with Gasteiger partial charge in [0, 0.05) is 37.8 Å². The number of aromatic nitrogens is 2. The summed E-state index contributed by atoms with van der Waals surface area (Å²) in [6.45, 7) is 8.74. The van der Waals surface area contributed by atoms with Crippen LogP contribution in [0.15, 0.2) is 40.7 Å². The molecule has 6 N–H and O–H groups in total. The molecule has 6 rings (SSSR count). The van der Waals surface area contributed by atoms with Crippen LogP contribution in [-0.4, -0.2) is 102 Å². The van der Waals surface area contributed by atoms with Crippen LogP contribution in [0.3, 0.4) is 0 Å². The molecular formula is C29H39ClN10O3S. The SMILES string of the molecule is C=C(NC1=NCC2(CCN(C(=O)c3cccc(S(=O)(=O)N4CCC(N5CCCC5)CC4)c3)CC2)N1)c1nc(Cl)c(N)nc1N. The number of guanidine groups is 1. The van der Waals surface area contributed by atoms with E-state index in [-0.39, 0.29) is 38.8 Å². The Bertz CT molecular complexity index is 1580. The van der Waals surface area contributed by atoms with E-state index in [0.29, 0.717) is 68.8 Å². The number of aliphatic imine (C=N–C) groups is 1. The number of carbonyl (C=O) groups is 1. The third-order valence-corrected chi connectivity index (χ3v) is 11.4. The van der Waals surface area contributed by atoms with Crippen molar-refractivity contribution in [3.8, 4) is 0 Å². The molecule has 13 nitrogen and oxygen atoms in total. The highest BCUT2D eigenvalue weighted by Gasteiger charge is 2.40. The van der Waals surface area contributed by atoms with Gasteiger partial charge >= 0.3 is 0 Å². The maximum absolute atomic E-state index is 13.5. The number of benzene rings is 1. The lowest BCUT2D eigenvalue weighted by Gasteiger charge is -2.39. The van der Waals surface area contributed by atoms with Crippen molar-refractivity contribution in [2.75, 3.05) is 57.3 Å². The zero-order chi connectivity index (χ0) is 31.1. The fourth-order valence-electron chi connectivity index (χ4n) is 6.59. The number of nitrogens with two attached hydrogens (primary N) is 2. The molecule has 0 radical (unpaired) electrons. The van der Waals surface area contributed by atoms with Crippen LogP contribution < -0.4 is 22.1 Å². The van der Waals surface area contributed by atoms with E-state index in [2.05, 4.69) is 37.1 Å². The molecule has 0 unspecified atom stereocenters. The second-order valence-corrected chi connectivity index (χ2v) is 14.3. The van der Waals surface area contributed by atoms with E-state index < -0.39 is 10.0 Å². The number of anilines is 2. The van der Waals surface area contributed by atoms with Crippen LogP contribution in [0.4, 0.5) is 11.6 Å². The largest absolute Gasteiger partial charge is 0.382 e. The van der Waals surface area contributed by atoms with E-state index in [1.54, 1.807) is 27.4 Å². The molecule has 3 saturated heterocycles. The van der Waals surface area contributed by atoms with Crippen molar-refractivity contribution in [3.63, 3.8) is 0 Å². The van der Waals surface area contributed by atoms with E-state index in [1.807, 2.05) is 0 Å². The van der Waals surface area contributed by atoms with Crippen molar-refractivity contribution in [3.05, 3.63) is 47.3 Å². The summed E-state index contributed by atoms with van der Waals surface area (Å²) in [7, 11) is -3.68. The Morgan fingerprint density at radius 2 is 1.75 bits per heavy atom. The standard InChI is InChI=1S/C29H39ClN10O3S/c1-19(23-25(31)36-26(32)24(30)35-23)34-28-33-18-29(37-28)9-15-39(16-10-29)27(41)20-5-4-6-22(17-20)44(42,43)40-13-7-21(8-14-40)38-11-2-3-12-38/h4-6,17,21H,1-3,7-16,18H2,(H4,31,32,36)(H2,33,34,37). The number of piperidine rings is 2. The first kappa shape index (κ1) is 30.6. The molecule has 44 heavy (non-hydrogen) atoms. The summed E-state index contributed by atoms with van der Waals surface area (Å²) >= 11 is 6.00. The van der Waals surface area contributed by atoms with E-state index in [1.165, 1.54) is 18.9 Å². The topological polar surface area (TPSA) is 175 Å². The maximum Gasteiger partial charge on any atom is 0.253 e. The van der Waals surface area contributed by atoms with E-state index in [9.17, 15) is 13.2 Å². The number of nitrogen functional groups attached to an aromatic ring is 2. The van der Waals surface area contributed by atoms with Crippen molar-refractivity contribution in [2.45, 2.75) is 55.0 Å². The van der Waals surface area contributed by atoms with Crippen molar-refractivity contribution < 1.29 is 13.2 Å². The quantitative estimate of drug-likeness (QED) is 0.363. The van der Waals surface area contributed by atoms with Gasteiger partial charge in [0.25, 0.3) is 5.91 Å². The number of rotatable bonds is 6. The highest BCUT2D eigenvalue weighted by atomic mass is 35.5. The first-order valence-electron chi connectivity index (χ1n) is 15.1. The molecule has 0 saturated carbocycles. The van der Waals surface area contributed by atoms with Gasteiger partial charge in [0.15, 0.2) is 22.7 Å². The Kier molecular flexibility index (Phi) is 8.44. The molecule has 0 bridgehead atoms. The molecule has 1 amide bonds. The minimum absolute atomic E-state index is 0.0349. The highest BCUT2D eigenvalue weighted by molar-refractivity contribution is 7.89. The molecule has 15 heteroatoms. The Hall–Kier alpha value is -3.46. The van der Waals surface area contributed by atoms with Gasteiger partial charge in [-0.3, -0.25) is 9.79 Å². The number of nitrogens with one attached hydrogen (secondary N) is 2. The smallest absolute Gasteiger partial charge is 0.253 e. The van der Waals surface area contributed by atoms with Crippen LogP contribution >= 0.6 is 11.6 Å². The van der Waals surface area contributed by atoms with Crippen LogP contribution in [0, 0.1) is 0 Å². The third-order valence-electron chi connectivity index (χ3n) is 9.19. The van der Waals surface area contributed by atoms with Gasteiger partial charge in [-0.1, -0.05) is 24.2 Å². The normalized spacial score (nSPS) is 21.3. The van der Waals surface area contributed by atoms with Gasteiger partial charge in [0.05, 0.1) is 22.7 Å². The summed E-state index contributed by atoms with van der Waals surface area (Å²) in [5, 5.41) is 6.57. The average molecular weight is 643 g/mol. The Morgan fingerprint density at radius 1 is 1.05 bits per heavy atom. The molecule has 2 aromatic rings. The highest BCUT2D eigenvalue weighted by Crippen LogP contribution is 2.29. The van der Waals surface area contributed by atoms with E-state index >= 15 is 0 Å². The molecule has 4 aliphatic rings. The number of amides is 1. The predicted molar refractivity (Wildman–Crippen MR) is 170 cm³/mol. The van der Waals surface area contributed by atoms with Gasteiger partial charge in [-0.25, -0.2) is 18.4 Å². The lowest BCUT2D eigenvalue weighted by molar-refractivity contribution is 0.0668. The van der Waals surface area contributed by atoms with Gasteiger partial charge in [-0.15, -0.1) is 0 Å². The van der Waals surface area contributed by atoms with Crippen LogP contribution in [0.1, 0.15) is 54.6 Å². The number of sulfonamides is 1. The minimum atomic E-state index is -3.68. The molecular weight excluding hydrogens is 604 g/mol. The molecule has 5 heterocycles. The van der Waals surface area contributed by atoms with Gasteiger partial charge in [-0.2, -0.15) is 4.31 Å². The summed E-state index contributed by atoms with van der Waals surface area (Å²) in [6, 6.07) is 6.92. The number of hydrogen-bond acceptors (Lipinski definition) is 11. The van der Waals surface area contributed by atoms with Crippen molar-refractivity contribution in [1.82, 2.24) is 34.7 Å². The van der Waals surface area contributed by atoms with Crippen molar-refractivity contribution in [1.29, 1.82) is 0 Å². The van der Waals surface area contributed by atoms with E-state index in [4.69, 9.17) is 23.1 Å². The van der Waals surface area contributed by atoms with Crippen molar-refractivity contribution in [2.24, 2.45) is 4.99 Å². The minimum Gasteiger partial charge on any atom is -0.382 e. The molecule has 236 valence electrons. The first-order chi connectivity index (χ1) is 21.0. The molecule has 3 fully saturated rings. The maximum atomic E-state index is 13.5. The molecule has 1 aromatic heterocycles. The number of halogens is 1. The Labute approximate surface area is 262 Å². The van der Waals surface area contributed by atoms with Crippen LogP contribution in [0.2, 0.25) is 5.15 Å². The lowest BCUT2D eigenvalue weighted by Crippen LogP contribution is -2.56. The molecule has 0 atom stereocenters.